The van der Waals surface area contributed by atoms with E-state index in [4.69, 9.17) is 9.47 Å². The van der Waals surface area contributed by atoms with Crippen molar-refractivity contribution in [3.63, 3.8) is 0 Å². The fourth-order valence-corrected chi connectivity index (χ4v) is 6.44. The van der Waals surface area contributed by atoms with Crippen LogP contribution in [0.15, 0.2) is 18.2 Å². The van der Waals surface area contributed by atoms with Gasteiger partial charge in [-0.25, -0.2) is 4.39 Å². The lowest BCUT2D eigenvalue weighted by atomic mass is 9.85. The summed E-state index contributed by atoms with van der Waals surface area (Å²) in [6.45, 7) is 7.20. The summed E-state index contributed by atoms with van der Waals surface area (Å²) in [5.41, 5.74) is -1.93. The van der Waals surface area contributed by atoms with E-state index in [0.717, 1.165) is 77.1 Å². The Morgan fingerprint density at radius 3 is 2.46 bits per heavy atom. The SMILES string of the molecule is C[C@H]1CN(C2CC[C@@](C(=O)NCc3cc(F)cc(C(F)(F)F)c3)(C3CC3)OC2)CCN1C1CCOCC1. The molecule has 1 aliphatic carbocycles. The van der Waals surface area contributed by atoms with Gasteiger partial charge in [-0.3, -0.25) is 14.6 Å². The molecule has 1 aromatic rings. The van der Waals surface area contributed by atoms with Crippen LogP contribution in [-0.4, -0.2) is 78.9 Å². The zero-order valence-electron chi connectivity index (χ0n) is 21.4. The molecule has 37 heavy (non-hydrogen) atoms. The Bertz CT molecular complexity index is 957. The van der Waals surface area contributed by atoms with Gasteiger partial charge in [0.25, 0.3) is 5.91 Å². The van der Waals surface area contributed by atoms with Crippen molar-refractivity contribution >= 4 is 5.91 Å². The van der Waals surface area contributed by atoms with Crippen LogP contribution in [0.1, 0.15) is 56.6 Å². The van der Waals surface area contributed by atoms with Gasteiger partial charge < -0.3 is 14.8 Å². The van der Waals surface area contributed by atoms with Crippen LogP contribution in [0.2, 0.25) is 0 Å². The molecule has 10 heteroatoms. The first-order valence-electron chi connectivity index (χ1n) is 13.5. The number of carbonyl (C=O) groups is 1. The van der Waals surface area contributed by atoms with E-state index in [1.165, 1.54) is 0 Å². The monoisotopic (exact) mass is 527 g/mol. The molecule has 1 unspecified atom stereocenters. The molecule has 3 heterocycles. The number of amides is 1. The smallest absolute Gasteiger partial charge is 0.381 e. The molecule has 0 bridgehead atoms. The Hall–Kier alpha value is -1.75. The number of rotatable bonds is 6. The molecule has 1 amide bonds. The fourth-order valence-electron chi connectivity index (χ4n) is 6.44. The number of alkyl halides is 3. The van der Waals surface area contributed by atoms with Crippen LogP contribution in [0.5, 0.6) is 0 Å². The summed E-state index contributed by atoms with van der Waals surface area (Å²) < 4.78 is 64.8. The second-order valence-corrected chi connectivity index (χ2v) is 11.1. The van der Waals surface area contributed by atoms with Crippen molar-refractivity contribution in [2.24, 2.45) is 5.92 Å². The fraction of sp³-hybridized carbons (Fsp3) is 0.741. The number of piperazine rings is 1. The Balaban J connectivity index is 1.17. The zero-order chi connectivity index (χ0) is 26.2. The second kappa shape index (κ2) is 10.8. The van der Waals surface area contributed by atoms with Crippen LogP contribution < -0.4 is 5.32 Å². The Labute approximate surface area is 215 Å². The molecule has 0 spiro atoms. The van der Waals surface area contributed by atoms with E-state index in [2.05, 4.69) is 22.0 Å². The van der Waals surface area contributed by atoms with Crippen LogP contribution in [0.3, 0.4) is 0 Å². The van der Waals surface area contributed by atoms with Crippen molar-refractivity contribution in [3.8, 4) is 0 Å². The van der Waals surface area contributed by atoms with Gasteiger partial charge in [-0.1, -0.05) is 0 Å². The summed E-state index contributed by atoms with van der Waals surface area (Å²) in [6.07, 6.45) is 0.747. The quantitative estimate of drug-likeness (QED) is 0.568. The number of ether oxygens (including phenoxy) is 2. The van der Waals surface area contributed by atoms with Gasteiger partial charge in [0, 0.05) is 57.5 Å². The lowest BCUT2D eigenvalue weighted by Gasteiger charge is -2.49. The highest BCUT2D eigenvalue weighted by atomic mass is 19.4. The minimum Gasteiger partial charge on any atom is -0.381 e. The maximum absolute atomic E-state index is 13.8. The van der Waals surface area contributed by atoms with E-state index < -0.39 is 23.2 Å². The molecule has 1 saturated carbocycles. The minimum absolute atomic E-state index is 0.0803. The number of halogens is 4. The number of benzene rings is 1. The van der Waals surface area contributed by atoms with Crippen molar-refractivity contribution in [1.82, 2.24) is 15.1 Å². The average molecular weight is 528 g/mol. The van der Waals surface area contributed by atoms with E-state index in [9.17, 15) is 22.4 Å². The van der Waals surface area contributed by atoms with Gasteiger partial charge in [-0.05, 0) is 75.1 Å². The molecule has 3 atom stereocenters. The van der Waals surface area contributed by atoms with Crippen molar-refractivity contribution in [2.75, 3.05) is 39.5 Å². The number of hydrogen-bond donors (Lipinski definition) is 1. The van der Waals surface area contributed by atoms with Gasteiger partial charge >= 0.3 is 6.18 Å². The molecule has 6 nitrogen and oxygen atoms in total. The van der Waals surface area contributed by atoms with Crippen molar-refractivity contribution in [3.05, 3.63) is 35.1 Å². The summed E-state index contributed by atoms with van der Waals surface area (Å²) in [7, 11) is 0. The van der Waals surface area contributed by atoms with Gasteiger partial charge in [-0.15, -0.1) is 0 Å². The molecular weight excluding hydrogens is 490 g/mol. The van der Waals surface area contributed by atoms with Crippen LogP contribution in [0.25, 0.3) is 0 Å². The van der Waals surface area contributed by atoms with E-state index in [1.54, 1.807) is 0 Å². The number of hydrogen-bond acceptors (Lipinski definition) is 5. The zero-order valence-corrected chi connectivity index (χ0v) is 21.4. The standard InChI is InChI=1S/C27H37F4N3O3/c1-18-16-33(8-9-34(18)23-5-10-36-11-6-23)24-4-7-26(37-17-24,20-2-3-20)25(35)32-15-19-12-21(27(29,30)31)14-22(28)13-19/h12-14,18,20,23-24H,2-11,15-17H2,1H3,(H,32,35)/t18-,24?,26-/m0/s1. The van der Waals surface area contributed by atoms with Crippen LogP contribution in [0, 0.1) is 11.7 Å². The third kappa shape index (κ3) is 5.97. The number of nitrogens with one attached hydrogen (secondary N) is 1. The Morgan fingerprint density at radius 2 is 1.84 bits per heavy atom. The predicted molar refractivity (Wildman–Crippen MR) is 129 cm³/mol. The molecule has 3 aliphatic heterocycles. The third-order valence-corrected chi connectivity index (χ3v) is 8.63. The number of carbonyl (C=O) groups excluding carboxylic acids is 1. The molecule has 206 valence electrons. The molecule has 5 rings (SSSR count). The van der Waals surface area contributed by atoms with E-state index in [0.29, 0.717) is 31.2 Å². The third-order valence-electron chi connectivity index (χ3n) is 8.63. The molecular formula is C27H37F4N3O3. The number of nitrogens with zero attached hydrogens (tertiary/aromatic N) is 2. The molecule has 4 aliphatic rings. The van der Waals surface area contributed by atoms with Crippen molar-refractivity contribution < 1.29 is 31.8 Å². The highest BCUT2D eigenvalue weighted by Crippen LogP contribution is 2.47. The van der Waals surface area contributed by atoms with Gasteiger partial charge in [0.05, 0.1) is 12.2 Å². The van der Waals surface area contributed by atoms with Gasteiger partial charge in [0.1, 0.15) is 11.4 Å². The first kappa shape index (κ1) is 26.8. The van der Waals surface area contributed by atoms with E-state index in [-0.39, 0.29) is 30.0 Å². The highest BCUT2D eigenvalue weighted by Gasteiger charge is 2.54. The van der Waals surface area contributed by atoms with Gasteiger partial charge in [0.15, 0.2) is 0 Å². The maximum atomic E-state index is 13.8. The summed E-state index contributed by atoms with van der Waals surface area (Å²) in [6, 6.07) is 3.65. The molecule has 0 radical (unpaired) electrons. The summed E-state index contributed by atoms with van der Waals surface area (Å²) in [4.78, 5) is 18.4. The maximum Gasteiger partial charge on any atom is 0.416 e. The van der Waals surface area contributed by atoms with Crippen LogP contribution in [-0.2, 0) is 27.0 Å². The summed E-state index contributed by atoms with van der Waals surface area (Å²) >= 11 is 0. The Kier molecular flexibility index (Phi) is 7.82. The highest BCUT2D eigenvalue weighted by molar-refractivity contribution is 5.86. The van der Waals surface area contributed by atoms with Crippen LogP contribution >= 0.6 is 0 Å². The summed E-state index contributed by atoms with van der Waals surface area (Å²) in [5.74, 6) is -1.15. The van der Waals surface area contributed by atoms with Crippen molar-refractivity contribution in [1.29, 1.82) is 0 Å². The molecule has 3 saturated heterocycles. The Morgan fingerprint density at radius 1 is 1.08 bits per heavy atom. The van der Waals surface area contributed by atoms with Gasteiger partial charge in [0.2, 0.25) is 0 Å². The first-order chi connectivity index (χ1) is 17.7. The second-order valence-electron chi connectivity index (χ2n) is 11.1. The van der Waals surface area contributed by atoms with E-state index in [1.807, 2.05) is 0 Å². The molecule has 1 aromatic carbocycles. The normalized spacial score (nSPS) is 30.8. The predicted octanol–water partition coefficient (Wildman–Crippen LogP) is 3.97. The summed E-state index contributed by atoms with van der Waals surface area (Å²) in [5, 5.41) is 2.75. The average Bonchev–Trinajstić information content (AvgIpc) is 3.73. The van der Waals surface area contributed by atoms with Crippen LogP contribution in [0.4, 0.5) is 17.6 Å². The first-order valence-corrected chi connectivity index (χ1v) is 13.5. The lowest BCUT2D eigenvalue weighted by molar-refractivity contribution is -0.166. The minimum atomic E-state index is -4.65. The topological polar surface area (TPSA) is 54.0 Å². The molecule has 4 fully saturated rings. The van der Waals surface area contributed by atoms with E-state index >= 15 is 0 Å². The molecule has 1 N–H and O–H groups in total. The van der Waals surface area contributed by atoms with Gasteiger partial charge in [-0.2, -0.15) is 13.2 Å². The lowest BCUT2D eigenvalue weighted by Crippen LogP contribution is -2.62. The molecule has 0 aromatic heterocycles. The van der Waals surface area contributed by atoms with Crippen molar-refractivity contribution in [2.45, 2.75) is 81.9 Å². The largest absolute Gasteiger partial charge is 0.416 e.